The summed E-state index contributed by atoms with van der Waals surface area (Å²) in [5.41, 5.74) is 11.3. The Morgan fingerprint density at radius 3 is 2.63 bits per heavy atom. The Balaban J connectivity index is 1.42. The van der Waals surface area contributed by atoms with Crippen LogP contribution in [0, 0.1) is 0 Å². The van der Waals surface area contributed by atoms with Gasteiger partial charge in [-0.1, -0.05) is 19.1 Å². The molecular weight excluding hydrogens is 442 g/mol. The third kappa shape index (κ3) is 4.96. The maximum Gasteiger partial charge on any atom is 0.411 e. The lowest BCUT2D eigenvalue weighted by Crippen LogP contribution is -2.19. The van der Waals surface area contributed by atoms with Gasteiger partial charge in [-0.2, -0.15) is 0 Å². The summed E-state index contributed by atoms with van der Waals surface area (Å²) in [6.07, 6.45) is 6.05. The highest BCUT2D eigenvalue weighted by Gasteiger charge is 2.27. The van der Waals surface area contributed by atoms with E-state index in [0.717, 1.165) is 72.3 Å². The van der Waals surface area contributed by atoms with Crippen LogP contribution in [0.3, 0.4) is 0 Å². The number of aromatic nitrogens is 1. The zero-order chi connectivity index (χ0) is 24.4. The number of carbonyl (C=O) groups is 1. The SMILES string of the molecule is CCC(C)OC(=O)Nc1ccc(-c2c(N)c3ccc(OCC4CCCO4)cc3n2C2CCC2)cc1. The number of hydrogen-bond acceptors (Lipinski definition) is 5. The van der Waals surface area contributed by atoms with E-state index in [9.17, 15) is 4.79 Å². The number of carbonyl (C=O) groups excluding carboxylic acids is 1. The van der Waals surface area contributed by atoms with Gasteiger partial charge in [-0.25, -0.2) is 4.79 Å². The molecule has 3 N–H and O–H groups in total. The van der Waals surface area contributed by atoms with Crippen molar-refractivity contribution in [1.82, 2.24) is 4.57 Å². The number of anilines is 2. The van der Waals surface area contributed by atoms with Gasteiger partial charge < -0.3 is 24.5 Å². The zero-order valence-corrected chi connectivity index (χ0v) is 20.6. The van der Waals surface area contributed by atoms with E-state index in [1.165, 1.54) is 6.42 Å². The van der Waals surface area contributed by atoms with E-state index in [-0.39, 0.29) is 12.2 Å². The predicted octanol–water partition coefficient (Wildman–Crippen LogP) is 6.52. The fourth-order valence-corrected chi connectivity index (χ4v) is 4.81. The molecule has 1 saturated heterocycles. The molecule has 1 aromatic heterocycles. The molecule has 35 heavy (non-hydrogen) atoms. The number of hydrogen-bond donors (Lipinski definition) is 2. The van der Waals surface area contributed by atoms with E-state index < -0.39 is 6.09 Å². The molecule has 0 radical (unpaired) electrons. The molecule has 0 bridgehead atoms. The number of benzene rings is 2. The van der Waals surface area contributed by atoms with Crippen molar-refractivity contribution in [3.05, 3.63) is 42.5 Å². The molecule has 7 nitrogen and oxygen atoms in total. The number of amides is 1. The molecule has 7 heteroatoms. The largest absolute Gasteiger partial charge is 0.491 e. The van der Waals surface area contributed by atoms with E-state index in [1.807, 2.05) is 44.2 Å². The Morgan fingerprint density at radius 2 is 1.97 bits per heavy atom. The number of nitrogens with one attached hydrogen (secondary N) is 1. The van der Waals surface area contributed by atoms with Gasteiger partial charge in [0.15, 0.2) is 0 Å². The highest BCUT2D eigenvalue weighted by atomic mass is 16.6. The number of nitrogen functional groups attached to an aromatic ring is 1. The minimum atomic E-state index is -0.439. The summed E-state index contributed by atoms with van der Waals surface area (Å²) in [5.74, 6) is 0.844. The van der Waals surface area contributed by atoms with Crippen molar-refractivity contribution >= 4 is 28.4 Å². The Bertz CT molecular complexity index is 1180. The molecule has 2 fully saturated rings. The lowest BCUT2D eigenvalue weighted by molar-refractivity contribution is 0.0680. The van der Waals surface area contributed by atoms with Gasteiger partial charge in [0, 0.05) is 35.4 Å². The molecule has 0 spiro atoms. The molecule has 2 heterocycles. The average Bonchev–Trinajstić information content (AvgIpc) is 3.44. The lowest BCUT2D eigenvalue weighted by atomic mass is 9.92. The van der Waals surface area contributed by atoms with E-state index in [1.54, 1.807) is 0 Å². The molecule has 3 aromatic rings. The predicted molar refractivity (Wildman–Crippen MR) is 139 cm³/mol. The van der Waals surface area contributed by atoms with E-state index in [4.69, 9.17) is 19.9 Å². The molecule has 1 saturated carbocycles. The number of rotatable bonds is 8. The van der Waals surface area contributed by atoms with Crippen molar-refractivity contribution in [1.29, 1.82) is 0 Å². The molecule has 1 amide bonds. The van der Waals surface area contributed by atoms with Crippen molar-refractivity contribution in [2.45, 2.75) is 70.6 Å². The van der Waals surface area contributed by atoms with Crippen LogP contribution in [-0.4, -0.2) is 36.1 Å². The van der Waals surface area contributed by atoms with Crippen LogP contribution in [0.4, 0.5) is 16.2 Å². The molecule has 2 atom stereocenters. The average molecular weight is 478 g/mol. The minimum Gasteiger partial charge on any atom is -0.491 e. The first-order valence-corrected chi connectivity index (χ1v) is 12.8. The van der Waals surface area contributed by atoms with Crippen LogP contribution >= 0.6 is 0 Å². The number of nitrogens with zero attached hydrogens (tertiary/aromatic N) is 1. The molecule has 1 aliphatic heterocycles. The minimum absolute atomic E-state index is 0.119. The van der Waals surface area contributed by atoms with E-state index in [2.05, 4.69) is 22.0 Å². The van der Waals surface area contributed by atoms with Gasteiger partial charge in [-0.15, -0.1) is 0 Å². The van der Waals surface area contributed by atoms with Crippen LogP contribution in [0.15, 0.2) is 42.5 Å². The summed E-state index contributed by atoms with van der Waals surface area (Å²) in [7, 11) is 0. The highest BCUT2D eigenvalue weighted by Crippen LogP contribution is 2.45. The molecule has 186 valence electrons. The Morgan fingerprint density at radius 1 is 1.17 bits per heavy atom. The van der Waals surface area contributed by atoms with E-state index in [0.29, 0.717) is 18.3 Å². The van der Waals surface area contributed by atoms with Crippen molar-refractivity contribution < 1.29 is 19.0 Å². The fourth-order valence-electron chi connectivity index (χ4n) is 4.81. The molecule has 2 unspecified atom stereocenters. The zero-order valence-electron chi connectivity index (χ0n) is 20.6. The monoisotopic (exact) mass is 477 g/mol. The molecule has 5 rings (SSSR count). The van der Waals surface area contributed by atoms with Gasteiger partial charge in [0.05, 0.1) is 23.0 Å². The van der Waals surface area contributed by atoms with Gasteiger partial charge in [-0.3, -0.25) is 5.32 Å². The van der Waals surface area contributed by atoms with Crippen LogP contribution in [0.5, 0.6) is 5.75 Å². The summed E-state index contributed by atoms with van der Waals surface area (Å²) >= 11 is 0. The summed E-state index contributed by atoms with van der Waals surface area (Å²) in [4.78, 5) is 12.1. The Labute approximate surface area is 206 Å². The third-order valence-corrected chi connectivity index (χ3v) is 7.20. The Kier molecular flexibility index (Phi) is 6.86. The second kappa shape index (κ2) is 10.2. The lowest BCUT2D eigenvalue weighted by Gasteiger charge is -2.30. The smallest absolute Gasteiger partial charge is 0.411 e. The van der Waals surface area contributed by atoms with Crippen molar-refractivity contribution in [2.75, 3.05) is 24.3 Å². The first-order valence-electron chi connectivity index (χ1n) is 12.8. The van der Waals surface area contributed by atoms with Gasteiger partial charge >= 0.3 is 6.09 Å². The van der Waals surface area contributed by atoms with Gasteiger partial charge in [0.2, 0.25) is 0 Å². The molecular formula is C28H35N3O4. The number of ether oxygens (including phenoxy) is 3. The maximum absolute atomic E-state index is 12.1. The normalized spacial score (nSPS) is 18.9. The summed E-state index contributed by atoms with van der Waals surface area (Å²) in [6, 6.07) is 14.4. The maximum atomic E-state index is 12.1. The fraction of sp³-hybridized carbons (Fsp3) is 0.464. The standard InChI is InChI=1S/C28H35N3O4/c1-3-18(2)35-28(32)30-20-11-9-19(10-12-20)27-26(29)24-14-13-22(34-17-23-8-5-15-33-23)16-25(24)31(27)21-6-4-7-21/h9-14,16,18,21,23H,3-8,15,17,29H2,1-2H3,(H,30,32). The first kappa shape index (κ1) is 23.5. The summed E-state index contributed by atoms with van der Waals surface area (Å²) in [5, 5.41) is 3.84. The van der Waals surface area contributed by atoms with Gasteiger partial charge in [-0.05, 0) is 69.7 Å². The number of fused-ring (bicyclic) bond motifs is 1. The second-order valence-electron chi connectivity index (χ2n) is 9.67. The molecule has 1 aliphatic carbocycles. The third-order valence-electron chi connectivity index (χ3n) is 7.20. The van der Waals surface area contributed by atoms with Crippen molar-refractivity contribution in [2.24, 2.45) is 0 Å². The van der Waals surface area contributed by atoms with Gasteiger partial charge in [0.1, 0.15) is 18.5 Å². The molecule has 2 aromatic carbocycles. The van der Waals surface area contributed by atoms with E-state index >= 15 is 0 Å². The van der Waals surface area contributed by atoms with Crippen LogP contribution < -0.4 is 15.8 Å². The van der Waals surface area contributed by atoms with Crippen LogP contribution in [0.1, 0.15) is 58.4 Å². The molecule has 2 aliphatic rings. The van der Waals surface area contributed by atoms with Crippen molar-refractivity contribution in [3.8, 4) is 17.0 Å². The van der Waals surface area contributed by atoms with Crippen molar-refractivity contribution in [3.63, 3.8) is 0 Å². The van der Waals surface area contributed by atoms with Gasteiger partial charge in [0.25, 0.3) is 0 Å². The highest BCUT2D eigenvalue weighted by molar-refractivity contribution is 6.01. The van der Waals surface area contributed by atoms with Crippen LogP contribution in [-0.2, 0) is 9.47 Å². The van der Waals surface area contributed by atoms with Crippen LogP contribution in [0.25, 0.3) is 22.2 Å². The Hall–Kier alpha value is -3.19. The topological polar surface area (TPSA) is 87.7 Å². The summed E-state index contributed by atoms with van der Waals surface area (Å²) in [6.45, 7) is 5.26. The first-order chi connectivity index (χ1) is 17.0. The summed E-state index contributed by atoms with van der Waals surface area (Å²) < 4.78 is 19.5. The quantitative estimate of drug-likeness (QED) is 0.386. The second-order valence-corrected chi connectivity index (χ2v) is 9.67. The number of nitrogens with two attached hydrogens (primary N) is 1. The van der Waals surface area contributed by atoms with Crippen LogP contribution in [0.2, 0.25) is 0 Å².